The van der Waals surface area contributed by atoms with E-state index in [1.807, 2.05) is 7.05 Å². The molecule has 1 unspecified atom stereocenters. The number of nitrogens with zero attached hydrogens (tertiary/aromatic N) is 1. The second-order valence-electron chi connectivity index (χ2n) is 4.41. The second-order valence-corrected chi connectivity index (χ2v) is 5.32. The first-order chi connectivity index (χ1) is 8.16. The Morgan fingerprint density at radius 1 is 1.65 bits per heavy atom. The van der Waals surface area contributed by atoms with E-state index < -0.39 is 0 Å². The molecule has 1 aliphatic heterocycles. The molecule has 0 bridgehead atoms. The molecule has 17 heavy (non-hydrogen) atoms. The number of likely N-dealkylation sites (N-methyl/N-ethyl adjacent to an activating group) is 1. The number of rotatable bonds is 3. The summed E-state index contributed by atoms with van der Waals surface area (Å²) in [6.07, 6.45) is 5.33. The third-order valence-electron chi connectivity index (χ3n) is 2.98. The molecule has 0 spiro atoms. The Labute approximate surface area is 109 Å². The first-order valence-electron chi connectivity index (χ1n) is 5.88. The Morgan fingerprint density at radius 3 is 3.06 bits per heavy atom. The minimum absolute atomic E-state index is 0.00451. The third-order valence-corrected chi connectivity index (χ3v) is 3.43. The number of hydrogen-bond donors (Lipinski definition) is 1. The van der Waals surface area contributed by atoms with Crippen LogP contribution in [0.4, 0.5) is 0 Å². The van der Waals surface area contributed by atoms with Crippen LogP contribution in [0.3, 0.4) is 0 Å². The van der Waals surface area contributed by atoms with Crippen LogP contribution in [-0.4, -0.2) is 42.1 Å². The van der Waals surface area contributed by atoms with E-state index in [9.17, 15) is 4.79 Å². The Balaban J connectivity index is 1.90. The van der Waals surface area contributed by atoms with Crippen molar-refractivity contribution in [2.75, 3.05) is 20.2 Å². The first-order valence-corrected chi connectivity index (χ1v) is 6.67. The van der Waals surface area contributed by atoms with Gasteiger partial charge < -0.3 is 14.6 Å². The summed E-state index contributed by atoms with van der Waals surface area (Å²) >= 11 is 3.32. The average Bonchev–Trinajstić information content (AvgIpc) is 2.76. The normalized spacial score (nSPS) is 20.2. The molecule has 1 saturated heterocycles. The molecule has 1 aromatic heterocycles. The molecule has 0 saturated carbocycles. The number of amides is 1. The number of carbonyl (C=O) groups is 1. The third kappa shape index (κ3) is 3.33. The van der Waals surface area contributed by atoms with E-state index in [0.717, 1.165) is 23.9 Å². The van der Waals surface area contributed by atoms with E-state index in [2.05, 4.69) is 20.9 Å². The van der Waals surface area contributed by atoms with E-state index in [4.69, 9.17) is 4.74 Å². The van der Waals surface area contributed by atoms with Gasteiger partial charge in [0, 0.05) is 30.9 Å². The number of nitrogens with one attached hydrogen (secondary N) is 1. The molecular formula is C12H17BrN2O2. The molecule has 1 fully saturated rings. The Kier molecular flexibility index (Phi) is 4.23. The van der Waals surface area contributed by atoms with Crippen molar-refractivity contribution in [3.05, 3.63) is 22.4 Å². The molecule has 1 amide bonds. The van der Waals surface area contributed by atoms with Crippen LogP contribution < -0.4 is 0 Å². The maximum atomic E-state index is 12.0. The molecule has 2 heterocycles. The zero-order chi connectivity index (χ0) is 12.3. The lowest BCUT2D eigenvalue weighted by atomic mass is 10.1. The molecule has 1 atom stereocenters. The van der Waals surface area contributed by atoms with E-state index >= 15 is 0 Å². The highest BCUT2D eigenvalue weighted by Crippen LogP contribution is 2.15. The zero-order valence-corrected chi connectivity index (χ0v) is 11.5. The van der Waals surface area contributed by atoms with Crippen molar-refractivity contribution in [3.63, 3.8) is 0 Å². The van der Waals surface area contributed by atoms with Crippen LogP contribution in [0.2, 0.25) is 0 Å². The Morgan fingerprint density at radius 2 is 2.47 bits per heavy atom. The van der Waals surface area contributed by atoms with Crippen molar-refractivity contribution < 1.29 is 9.53 Å². The first kappa shape index (κ1) is 12.6. The summed E-state index contributed by atoms with van der Waals surface area (Å²) in [6, 6.07) is 1.79. The monoisotopic (exact) mass is 300 g/mol. The van der Waals surface area contributed by atoms with Crippen molar-refractivity contribution in [1.82, 2.24) is 9.88 Å². The van der Waals surface area contributed by atoms with Crippen molar-refractivity contribution in [2.45, 2.75) is 25.4 Å². The van der Waals surface area contributed by atoms with Crippen LogP contribution in [0, 0.1) is 0 Å². The van der Waals surface area contributed by atoms with Crippen molar-refractivity contribution in [3.8, 4) is 0 Å². The number of ether oxygens (including phenoxy) is 1. The number of aromatic amines is 1. The van der Waals surface area contributed by atoms with Crippen molar-refractivity contribution in [1.29, 1.82) is 0 Å². The summed E-state index contributed by atoms with van der Waals surface area (Å²) in [4.78, 5) is 16.7. The largest absolute Gasteiger partial charge is 0.376 e. The molecular weight excluding hydrogens is 284 g/mol. The molecule has 1 aliphatic rings. The minimum atomic E-state index is 0.00451. The van der Waals surface area contributed by atoms with Gasteiger partial charge in [-0.05, 0) is 41.3 Å². The van der Waals surface area contributed by atoms with Gasteiger partial charge in [0.25, 0.3) is 5.91 Å². The molecule has 4 nitrogen and oxygen atoms in total. The van der Waals surface area contributed by atoms with Crippen LogP contribution in [0.15, 0.2) is 16.7 Å². The lowest BCUT2D eigenvalue weighted by Gasteiger charge is -2.27. The SMILES string of the molecule is CN(CC1CCCCO1)C(=O)c1cc(Br)c[nH]1. The summed E-state index contributed by atoms with van der Waals surface area (Å²) in [7, 11) is 1.81. The molecule has 1 N–H and O–H groups in total. The lowest BCUT2D eigenvalue weighted by Crippen LogP contribution is -2.37. The number of hydrogen-bond acceptors (Lipinski definition) is 2. The van der Waals surface area contributed by atoms with Crippen LogP contribution >= 0.6 is 15.9 Å². The molecule has 0 radical (unpaired) electrons. The van der Waals surface area contributed by atoms with Gasteiger partial charge >= 0.3 is 0 Å². The Hall–Kier alpha value is -0.810. The lowest BCUT2D eigenvalue weighted by molar-refractivity contribution is -0.000278. The predicted octanol–water partition coefficient (Wildman–Crippen LogP) is 2.42. The topological polar surface area (TPSA) is 45.3 Å². The molecule has 0 aliphatic carbocycles. The summed E-state index contributed by atoms with van der Waals surface area (Å²) in [6.45, 7) is 1.48. The number of halogens is 1. The maximum absolute atomic E-state index is 12.0. The zero-order valence-electron chi connectivity index (χ0n) is 9.91. The number of H-pyrrole nitrogens is 1. The molecule has 1 aromatic rings. The fraction of sp³-hybridized carbons (Fsp3) is 0.583. The minimum Gasteiger partial charge on any atom is -0.376 e. The highest BCUT2D eigenvalue weighted by Gasteiger charge is 2.20. The van der Waals surface area contributed by atoms with Crippen LogP contribution in [0.5, 0.6) is 0 Å². The van der Waals surface area contributed by atoms with Crippen LogP contribution in [0.1, 0.15) is 29.8 Å². The molecule has 2 rings (SSSR count). The van der Waals surface area contributed by atoms with E-state index in [0.29, 0.717) is 12.2 Å². The van der Waals surface area contributed by atoms with Crippen molar-refractivity contribution in [2.24, 2.45) is 0 Å². The van der Waals surface area contributed by atoms with Gasteiger partial charge in [0.05, 0.1) is 6.10 Å². The smallest absolute Gasteiger partial charge is 0.270 e. The molecule has 0 aromatic carbocycles. The fourth-order valence-corrected chi connectivity index (χ4v) is 2.38. The van der Waals surface area contributed by atoms with Gasteiger partial charge in [-0.1, -0.05) is 0 Å². The van der Waals surface area contributed by atoms with E-state index in [1.165, 1.54) is 6.42 Å². The average molecular weight is 301 g/mol. The maximum Gasteiger partial charge on any atom is 0.270 e. The highest BCUT2D eigenvalue weighted by molar-refractivity contribution is 9.10. The highest BCUT2D eigenvalue weighted by atomic mass is 79.9. The molecule has 94 valence electrons. The predicted molar refractivity (Wildman–Crippen MR) is 69.0 cm³/mol. The van der Waals surface area contributed by atoms with Gasteiger partial charge in [-0.2, -0.15) is 0 Å². The number of aromatic nitrogens is 1. The Bertz CT molecular complexity index is 386. The summed E-state index contributed by atoms with van der Waals surface area (Å²) < 4.78 is 6.52. The second kappa shape index (κ2) is 5.69. The quantitative estimate of drug-likeness (QED) is 0.932. The molecule has 5 heteroatoms. The standard InChI is InChI=1S/C12H17BrN2O2/c1-15(8-10-4-2-3-5-17-10)12(16)11-6-9(13)7-14-11/h6-7,10,14H,2-5,8H2,1H3. The van der Waals surface area contributed by atoms with Gasteiger partial charge in [0.1, 0.15) is 5.69 Å². The van der Waals surface area contributed by atoms with E-state index in [-0.39, 0.29) is 12.0 Å². The van der Waals surface area contributed by atoms with E-state index in [1.54, 1.807) is 17.2 Å². The fourth-order valence-electron chi connectivity index (χ4n) is 2.04. The van der Waals surface area contributed by atoms with Gasteiger partial charge in [-0.25, -0.2) is 0 Å². The number of carbonyl (C=O) groups excluding carboxylic acids is 1. The van der Waals surface area contributed by atoms with Crippen LogP contribution in [-0.2, 0) is 4.74 Å². The summed E-state index contributed by atoms with van der Waals surface area (Å²) in [5.41, 5.74) is 0.607. The van der Waals surface area contributed by atoms with Gasteiger partial charge in [-0.15, -0.1) is 0 Å². The van der Waals surface area contributed by atoms with Crippen molar-refractivity contribution >= 4 is 21.8 Å². The van der Waals surface area contributed by atoms with Gasteiger partial charge in [-0.3, -0.25) is 4.79 Å². The summed E-state index contributed by atoms with van der Waals surface area (Å²) in [5, 5.41) is 0. The van der Waals surface area contributed by atoms with Gasteiger partial charge in [0.2, 0.25) is 0 Å². The van der Waals surface area contributed by atoms with Gasteiger partial charge in [0.15, 0.2) is 0 Å². The van der Waals surface area contributed by atoms with Crippen LogP contribution in [0.25, 0.3) is 0 Å². The summed E-state index contributed by atoms with van der Waals surface area (Å²) in [5.74, 6) is 0.00451.